The van der Waals surface area contributed by atoms with Crippen molar-refractivity contribution in [3.63, 3.8) is 0 Å². The van der Waals surface area contributed by atoms with Gasteiger partial charge in [0.1, 0.15) is 0 Å². The summed E-state index contributed by atoms with van der Waals surface area (Å²) in [5, 5.41) is 1.24. The second-order valence-corrected chi connectivity index (χ2v) is 8.00. The molecule has 1 aliphatic heterocycles. The molecule has 3 rings (SSSR count). The molecule has 1 fully saturated rings. The first-order chi connectivity index (χ1) is 12.0. The van der Waals surface area contributed by atoms with E-state index in [1.807, 2.05) is 36.9 Å². The lowest BCUT2D eigenvalue weighted by atomic mass is 10.0. The van der Waals surface area contributed by atoms with Crippen LogP contribution in [0.2, 0.25) is 0 Å². The molecular weight excluding hydrogens is 334 g/mol. The second-order valence-electron chi connectivity index (χ2n) is 7.06. The van der Waals surface area contributed by atoms with Crippen molar-refractivity contribution in [2.45, 2.75) is 44.8 Å². The summed E-state index contributed by atoms with van der Waals surface area (Å²) in [6, 6.07) is 7.38. The molecule has 2 heterocycles. The van der Waals surface area contributed by atoms with Crippen molar-refractivity contribution in [3.05, 3.63) is 34.6 Å². The van der Waals surface area contributed by atoms with Gasteiger partial charge in [-0.05, 0) is 44.7 Å². The SMILES string of the molecule is CC(C)n1c(SCC(=O)N2CCC[C@H](C)C2)nc2ccccc2c1=O. The first kappa shape index (κ1) is 18.0. The van der Waals surface area contributed by atoms with E-state index in [4.69, 9.17) is 0 Å². The number of benzene rings is 1. The molecule has 1 aromatic carbocycles. The number of rotatable bonds is 4. The number of aromatic nitrogens is 2. The molecule has 0 spiro atoms. The molecule has 5 nitrogen and oxygen atoms in total. The Morgan fingerprint density at radius 1 is 1.36 bits per heavy atom. The standard InChI is InChI=1S/C19H25N3O2S/c1-13(2)22-18(24)15-8-4-5-9-16(15)20-19(22)25-12-17(23)21-10-6-7-14(3)11-21/h4-5,8-9,13-14H,6-7,10-12H2,1-3H3/t14-/m0/s1. The van der Waals surface area contributed by atoms with Gasteiger partial charge in [0.2, 0.25) is 5.91 Å². The normalized spacial score (nSPS) is 18.1. The number of carbonyl (C=O) groups is 1. The van der Waals surface area contributed by atoms with Crippen molar-refractivity contribution in [2.75, 3.05) is 18.8 Å². The van der Waals surface area contributed by atoms with Gasteiger partial charge in [-0.15, -0.1) is 0 Å². The highest BCUT2D eigenvalue weighted by atomic mass is 32.2. The summed E-state index contributed by atoms with van der Waals surface area (Å²) in [7, 11) is 0. The van der Waals surface area contributed by atoms with Gasteiger partial charge in [0.25, 0.3) is 5.56 Å². The summed E-state index contributed by atoms with van der Waals surface area (Å²) >= 11 is 1.37. The molecule has 1 saturated heterocycles. The Balaban J connectivity index is 1.84. The Morgan fingerprint density at radius 3 is 2.84 bits per heavy atom. The smallest absolute Gasteiger partial charge is 0.262 e. The number of para-hydroxylation sites is 1. The monoisotopic (exact) mass is 359 g/mol. The minimum absolute atomic E-state index is 0.00258. The van der Waals surface area contributed by atoms with E-state index in [0.29, 0.717) is 27.7 Å². The van der Waals surface area contributed by atoms with Crippen LogP contribution in [-0.2, 0) is 4.79 Å². The first-order valence-electron chi connectivity index (χ1n) is 8.89. The zero-order valence-electron chi connectivity index (χ0n) is 15.1. The third-order valence-electron chi connectivity index (χ3n) is 4.63. The molecule has 0 bridgehead atoms. The predicted molar refractivity (Wildman–Crippen MR) is 102 cm³/mol. The molecule has 0 unspecified atom stereocenters. The maximum atomic E-state index is 12.8. The van der Waals surface area contributed by atoms with Gasteiger partial charge in [0.15, 0.2) is 5.16 Å². The molecule has 1 amide bonds. The van der Waals surface area contributed by atoms with Crippen LogP contribution >= 0.6 is 11.8 Å². The lowest BCUT2D eigenvalue weighted by molar-refractivity contribution is -0.130. The van der Waals surface area contributed by atoms with Crippen LogP contribution in [0.3, 0.4) is 0 Å². The average Bonchev–Trinajstić information content (AvgIpc) is 2.59. The minimum atomic E-state index is -0.0397. The number of thioether (sulfide) groups is 1. The molecule has 2 aromatic rings. The van der Waals surface area contributed by atoms with Crippen LogP contribution in [0.1, 0.15) is 39.7 Å². The molecule has 0 N–H and O–H groups in total. The number of nitrogens with zero attached hydrogens (tertiary/aromatic N) is 3. The Hall–Kier alpha value is -1.82. The van der Waals surface area contributed by atoms with Gasteiger partial charge in [0, 0.05) is 19.1 Å². The predicted octanol–water partition coefficient (Wildman–Crippen LogP) is 3.33. The van der Waals surface area contributed by atoms with Crippen LogP contribution in [0.25, 0.3) is 10.9 Å². The summed E-state index contributed by atoms with van der Waals surface area (Å²) in [5.41, 5.74) is 0.646. The quantitative estimate of drug-likeness (QED) is 0.621. The lowest BCUT2D eigenvalue weighted by Crippen LogP contribution is -2.40. The molecule has 0 aliphatic carbocycles. The second kappa shape index (κ2) is 7.60. The average molecular weight is 359 g/mol. The lowest BCUT2D eigenvalue weighted by Gasteiger charge is -2.31. The van der Waals surface area contributed by atoms with E-state index >= 15 is 0 Å². The zero-order chi connectivity index (χ0) is 18.0. The van der Waals surface area contributed by atoms with Crippen molar-refractivity contribution >= 4 is 28.6 Å². The van der Waals surface area contributed by atoms with Crippen molar-refractivity contribution in [1.29, 1.82) is 0 Å². The van der Waals surface area contributed by atoms with E-state index in [-0.39, 0.29) is 17.5 Å². The number of hydrogen-bond donors (Lipinski definition) is 0. The highest BCUT2D eigenvalue weighted by Gasteiger charge is 2.22. The highest BCUT2D eigenvalue weighted by Crippen LogP contribution is 2.22. The summed E-state index contributed by atoms with van der Waals surface area (Å²) in [4.78, 5) is 31.9. The summed E-state index contributed by atoms with van der Waals surface area (Å²) in [5.74, 6) is 1.02. The van der Waals surface area contributed by atoms with E-state index in [0.717, 1.165) is 19.5 Å². The Kier molecular flexibility index (Phi) is 5.47. The largest absolute Gasteiger partial charge is 0.342 e. The molecule has 0 radical (unpaired) electrons. The van der Waals surface area contributed by atoms with Gasteiger partial charge in [-0.2, -0.15) is 0 Å². The Morgan fingerprint density at radius 2 is 2.12 bits per heavy atom. The zero-order valence-corrected chi connectivity index (χ0v) is 15.9. The van der Waals surface area contributed by atoms with Crippen LogP contribution in [0, 0.1) is 5.92 Å². The van der Waals surface area contributed by atoms with E-state index in [2.05, 4.69) is 11.9 Å². The topological polar surface area (TPSA) is 55.2 Å². The first-order valence-corrected chi connectivity index (χ1v) is 9.87. The molecule has 1 atom stereocenters. The van der Waals surface area contributed by atoms with Crippen LogP contribution < -0.4 is 5.56 Å². The van der Waals surface area contributed by atoms with Gasteiger partial charge in [0.05, 0.1) is 16.7 Å². The van der Waals surface area contributed by atoms with Crippen molar-refractivity contribution in [2.24, 2.45) is 5.92 Å². The third kappa shape index (κ3) is 3.89. The molecule has 25 heavy (non-hydrogen) atoms. The summed E-state index contributed by atoms with van der Waals surface area (Å²) in [6.07, 6.45) is 2.26. The minimum Gasteiger partial charge on any atom is -0.342 e. The molecule has 1 aliphatic rings. The highest BCUT2D eigenvalue weighted by molar-refractivity contribution is 7.99. The van der Waals surface area contributed by atoms with Gasteiger partial charge in [-0.3, -0.25) is 14.2 Å². The van der Waals surface area contributed by atoms with Crippen LogP contribution in [0.4, 0.5) is 0 Å². The molecular formula is C19H25N3O2S. The fourth-order valence-electron chi connectivity index (χ4n) is 3.32. The summed E-state index contributed by atoms with van der Waals surface area (Å²) in [6.45, 7) is 7.80. The number of hydrogen-bond acceptors (Lipinski definition) is 4. The van der Waals surface area contributed by atoms with E-state index < -0.39 is 0 Å². The molecule has 0 saturated carbocycles. The molecule has 134 valence electrons. The van der Waals surface area contributed by atoms with Gasteiger partial charge in [-0.1, -0.05) is 30.8 Å². The van der Waals surface area contributed by atoms with Gasteiger partial charge in [-0.25, -0.2) is 4.98 Å². The number of fused-ring (bicyclic) bond motifs is 1. The number of likely N-dealkylation sites (tertiary alicyclic amines) is 1. The number of amides is 1. The van der Waals surface area contributed by atoms with Crippen molar-refractivity contribution < 1.29 is 4.79 Å². The molecule has 6 heteroatoms. The van der Waals surface area contributed by atoms with Gasteiger partial charge < -0.3 is 4.90 Å². The fraction of sp³-hybridized carbons (Fsp3) is 0.526. The fourth-order valence-corrected chi connectivity index (χ4v) is 4.35. The maximum Gasteiger partial charge on any atom is 0.262 e. The Bertz CT molecular complexity index is 831. The maximum absolute atomic E-state index is 12.8. The summed E-state index contributed by atoms with van der Waals surface area (Å²) < 4.78 is 1.69. The Labute approximate surface area is 152 Å². The van der Waals surface area contributed by atoms with E-state index in [1.165, 1.54) is 18.2 Å². The number of carbonyl (C=O) groups excluding carboxylic acids is 1. The van der Waals surface area contributed by atoms with Crippen molar-refractivity contribution in [1.82, 2.24) is 14.5 Å². The third-order valence-corrected chi connectivity index (χ3v) is 5.56. The van der Waals surface area contributed by atoms with Gasteiger partial charge >= 0.3 is 0 Å². The van der Waals surface area contributed by atoms with Crippen LogP contribution in [0.15, 0.2) is 34.2 Å². The van der Waals surface area contributed by atoms with Crippen LogP contribution in [-0.4, -0.2) is 39.2 Å². The van der Waals surface area contributed by atoms with Crippen molar-refractivity contribution in [3.8, 4) is 0 Å². The van der Waals surface area contributed by atoms with E-state index in [1.54, 1.807) is 10.6 Å². The molecule has 1 aromatic heterocycles. The number of piperidine rings is 1. The van der Waals surface area contributed by atoms with E-state index in [9.17, 15) is 9.59 Å². The van der Waals surface area contributed by atoms with Crippen LogP contribution in [0.5, 0.6) is 0 Å².